The number of esters is 1. The van der Waals surface area contributed by atoms with Crippen molar-refractivity contribution >= 4 is 17.6 Å². The summed E-state index contributed by atoms with van der Waals surface area (Å²) in [6, 6.07) is 22.8. The molecule has 2 heterocycles. The van der Waals surface area contributed by atoms with E-state index in [0.717, 1.165) is 16.8 Å². The number of benzene rings is 3. The van der Waals surface area contributed by atoms with Crippen molar-refractivity contribution in [2.45, 2.75) is 18.9 Å². The maximum absolute atomic E-state index is 13.1. The zero-order chi connectivity index (χ0) is 22.1. The van der Waals surface area contributed by atoms with E-state index in [1.165, 1.54) is 12.1 Å². The highest BCUT2D eigenvalue weighted by molar-refractivity contribution is 6.06. The highest BCUT2D eigenvalue weighted by Crippen LogP contribution is 2.42. The molecular formula is C26H20FNO4. The molecule has 2 aliphatic rings. The van der Waals surface area contributed by atoms with Crippen LogP contribution >= 0.6 is 0 Å². The lowest BCUT2D eigenvalue weighted by molar-refractivity contribution is -0.136. The number of carbonyl (C=O) groups is 2. The summed E-state index contributed by atoms with van der Waals surface area (Å²) < 4.78 is 24.1. The Kier molecular flexibility index (Phi) is 5.19. The van der Waals surface area contributed by atoms with Gasteiger partial charge in [0.1, 0.15) is 24.8 Å². The van der Waals surface area contributed by atoms with Crippen molar-refractivity contribution in [2.24, 2.45) is 0 Å². The van der Waals surface area contributed by atoms with Crippen molar-refractivity contribution in [1.82, 2.24) is 0 Å². The Morgan fingerprint density at radius 2 is 1.66 bits per heavy atom. The molecule has 5 rings (SSSR count). The van der Waals surface area contributed by atoms with E-state index in [-0.39, 0.29) is 36.6 Å². The van der Waals surface area contributed by atoms with E-state index in [1.807, 2.05) is 54.6 Å². The van der Waals surface area contributed by atoms with E-state index in [0.29, 0.717) is 23.6 Å². The summed E-state index contributed by atoms with van der Waals surface area (Å²) in [6.07, 6.45) is 0.179. The summed E-state index contributed by atoms with van der Waals surface area (Å²) in [5, 5.41) is 0. The Morgan fingerprint density at radius 3 is 2.38 bits per heavy atom. The first-order valence-corrected chi connectivity index (χ1v) is 10.4. The first kappa shape index (κ1) is 20.0. The summed E-state index contributed by atoms with van der Waals surface area (Å²) in [7, 11) is 0. The fourth-order valence-corrected chi connectivity index (χ4v) is 4.16. The van der Waals surface area contributed by atoms with E-state index in [9.17, 15) is 14.0 Å². The molecule has 32 heavy (non-hydrogen) atoms. The van der Waals surface area contributed by atoms with Crippen LogP contribution in [0.1, 0.15) is 23.5 Å². The van der Waals surface area contributed by atoms with Gasteiger partial charge in [-0.3, -0.25) is 9.69 Å². The fraction of sp³-hybridized carbons (Fsp3) is 0.154. The molecule has 1 unspecified atom stereocenters. The molecular weight excluding hydrogens is 409 g/mol. The van der Waals surface area contributed by atoms with Crippen LogP contribution in [0, 0.1) is 5.82 Å². The summed E-state index contributed by atoms with van der Waals surface area (Å²) >= 11 is 0. The minimum atomic E-state index is -0.380. The number of nitrogens with zero attached hydrogens (tertiary/aromatic N) is 1. The van der Waals surface area contributed by atoms with Crippen molar-refractivity contribution in [2.75, 3.05) is 11.5 Å². The summed E-state index contributed by atoms with van der Waals surface area (Å²) in [5.41, 5.74) is 3.59. The molecule has 3 aromatic rings. The van der Waals surface area contributed by atoms with Crippen molar-refractivity contribution in [3.63, 3.8) is 0 Å². The summed E-state index contributed by atoms with van der Waals surface area (Å²) in [5.74, 6) is -0.456. The second-order valence-corrected chi connectivity index (χ2v) is 7.74. The van der Waals surface area contributed by atoms with Gasteiger partial charge < -0.3 is 9.47 Å². The molecule has 0 saturated carbocycles. The number of rotatable bonds is 5. The van der Waals surface area contributed by atoms with Gasteiger partial charge in [0.2, 0.25) is 5.91 Å². The Hall–Kier alpha value is -3.93. The Morgan fingerprint density at radius 1 is 0.938 bits per heavy atom. The first-order chi connectivity index (χ1) is 15.6. The highest BCUT2D eigenvalue weighted by atomic mass is 19.1. The Balaban J connectivity index is 1.38. The van der Waals surface area contributed by atoms with E-state index >= 15 is 0 Å². The number of para-hydroxylation sites is 1. The van der Waals surface area contributed by atoms with Crippen LogP contribution < -0.4 is 9.64 Å². The van der Waals surface area contributed by atoms with Crippen LogP contribution in [0.4, 0.5) is 10.1 Å². The average molecular weight is 429 g/mol. The monoisotopic (exact) mass is 429 g/mol. The van der Waals surface area contributed by atoms with Gasteiger partial charge in [0.15, 0.2) is 0 Å². The number of carbonyl (C=O) groups excluding carboxylic acids is 2. The van der Waals surface area contributed by atoms with Crippen LogP contribution in [0.15, 0.2) is 90.1 Å². The van der Waals surface area contributed by atoms with Crippen molar-refractivity contribution in [3.05, 3.63) is 107 Å². The zero-order valence-corrected chi connectivity index (χ0v) is 17.2. The van der Waals surface area contributed by atoms with Gasteiger partial charge in [0.05, 0.1) is 11.3 Å². The van der Waals surface area contributed by atoms with Crippen molar-refractivity contribution < 1.29 is 23.5 Å². The molecule has 0 fully saturated rings. The van der Waals surface area contributed by atoms with Gasteiger partial charge >= 0.3 is 5.97 Å². The third-order valence-electron chi connectivity index (χ3n) is 5.73. The third-order valence-corrected chi connectivity index (χ3v) is 5.73. The number of amides is 1. The molecule has 6 heteroatoms. The Labute approximate surface area is 184 Å². The van der Waals surface area contributed by atoms with Crippen LogP contribution in [0.5, 0.6) is 5.75 Å². The lowest BCUT2D eigenvalue weighted by atomic mass is 9.84. The average Bonchev–Trinajstić information content (AvgIpc) is 3.20. The smallest absolute Gasteiger partial charge is 0.336 e. The topological polar surface area (TPSA) is 55.8 Å². The quantitative estimate of drug-likeness (QED) is 0.550. The van der Waals surface area contributed by atoms with Crippen LogP contribution in [0.2, 0.25) is 0 Å². The Bertz CT molecular complexity index is 1190. The fourth-order valence-electron chi connectivity index (χ4n) is 4.16. The molecule has 5 nitrogen and oxygen atoms in total. The predicted octanol–water partition coefficient (Wildman–Crippen LogP) is 4.74. The largest absolute Gasteiger partial charge is 0.489 e. The molecule has 3 aromatic carbocycles. The number of hydrogen-bond acceptors (Lipinski definition) is 4. The molecule has 0 radical (unpaired) electrons. The van der Waals surface area contributed by atoms with E-state index in [2.05, 4.69) is 0 Å². The minimum absolute atomic E-state index is 0.0742. The van der Waals surface area contributed by atoms with E-state index in [1.54, 1.807) is 17.0 Å². The van der Waals surface area contributed by atoms with Gasteiger partial charge in [0.25, 0.3) is 0 Å². The second kappa shape index (κ2) is 8.30. The molecule has 0 saturated heterocycles. The molecule has 0 bridgehead atoms. The SMILES string of the molecule is O=C1OCC2=C1C(c1ccc(OCc3ccc(F)cc3)cc1)CC(=O)N2c1ccccc1. The molecule has 2 aliphatic heterocycles. The van der Waals surface area contributed by atoms with Crippen LogP contribution in [-0.4, -0.2) is 18.5 Å². The molecule has 160 valence electrons. The highest BCUT2D eigenvalue weighted by Gasteiger charge is 2.42. The second-order valence-electron chi connectivity index (χ2n) is 7.74. The normalized spacial score (nSPS) is 17.9. The maximum atomic E-state index is 13.1. The van der Waals surface area contributed by atoms with Crippen molar-refractivity contribution in [3.8, 4) is 5.75 Å². The third kappa shape index (κ3) is 3.75. The summed E-state index contributed by atoms with van der Waals surface area (Å²) in [6.45, 7) is 0.402. The van der Waals surface area contributed by atoms with Gasteiger partial charge in [-0.2, -0.15) is 0 Å². The molecule has 1 atom stereocenters. The first-order valence-electron chi connectivity index (χ1n) is 10.4. The number of hydrogen-bond donors (Lipinski definition) is 0. The van der Waals surface area contributed by atoms with E-state index < -0.39 is 0 Å². The lowest BCUT2D eigenvalue weighted by Gasteiger charge is -2.31. The number of anilines is 1. The maximum Gasteiger partial charge on any atom is 0.336 e. The zero-order valence-electron chi connectivity index (χ0n) is 17.2. The number of halogens is 1. The minimum Gasteiger partial charge on any atom is -0.489 e. The number of ether oxygens (including phenoxy) is 2. The van der Waals surface area contributed by atoms with Gasteiger partial charge in [-0.15, -0.1) is 0 Å². The van der Waals surface area contributed by atoms with Crippen molar-refractivity contribution in [1.29, 1.82) is 0 Å². The predicted molar refractivity (Wildman–Crippen MR) is 116 cm³/mol. The van der Waals surface area contributed by atoms with Gasteiger partial charge in [0, 0.05) is 18.0 Å². The van der Waals surface area contributed by atoms with Gasteiger partial charge in [-0.25, -0.2) is 9.18 Å². The summed E-state index contributed by atoms with van der Waals surface area (Å²) in [4.78, 5) is 27.2. The van der Waals surface area contributed by atoms with E-state index in [4.69, 9.17) is 9.47 Å². The van der Waals surface area contributed by atoms with Gasteiger partial charge in [-0.05, 0) is 47.5 Å². The lowest BCUT2D eigenvalue weighted by Crippen LogP contribution is -2.37. The molecule has 0 N–H and O–H groups in total. The standard InChI is InChI=1S/C26H20FNO4/c27-19-10-6-17(7-11-19)15-31-21-12-8-18(9-13-21)22-14-24(29)28(20-4-2-1-3-5-20)23-16-32-26(30)25(22)23/h1-13,22H,14-16H2. The molecule has 0 spiro atoms. The molecule has 0 aliphatic carbocycles. The van der Waals surface area contributed by atoms with Gasteiger partial charge in [-0.1, -0.05) is 42.5 Å². The molecule has 0 aromatic heterocycles. The van der Waals surface area contributed by atoms with Crippen LogP contribution in [-0.2, 0) is 20.9 Å². The van der Waals surface area contributed by atoms with Crippen LogP contribution in [0.25, 0.3) is 0 Å². The number of cyclic esters (lactones) is 1. The van der Waals surface area contributed by atoms with Crippen LogP contribution in [0.3, 0.4) is 0 Å². The molecule has 1 amide bonds.